The lowest BCUT2D eigenvalue weighted by atomic mass is 10.1. The first-order valence-corrected chi connectivity index (χ1v) is 10.3. The van der Waals surface area contributed by atoms with Crippen molar-refractivity contribution < 1.29 is 8.42 Å². The van der Waals surface area contributed by atoms with Crippen LogP contribution in [0.4, 0.5) is 0 Å². The summed E-state index contributed by atoms with van der Waals surface area (Å²) in [5, 5.41) is 0. The van der Waals surface area contributed by atoms with Gasteiger partial charge in [0.15, 0.2) is 0 Å². The molecule has 1 aromatic heterocycles. The molecule has 0 radical (unpaired) electrons. The molecule has 0 atom stereocenters. The number of hydrogen-bond donors (Lipinski definition) is 0. The Bertz CT molecular complexity index is 768. The summed E-state index contributed by atoms with van der Waals surface area (Å²) in [6, 6.07) is 10.9. The third-order valence-corrected chi connectivity index (χ3v) is 6.56. The van der Waals surface area contributed by atoms with Crippen LogP contribution in [0.15, 0.2) is 53.7 Å². The number of sulfonamides is 1. The predicted octanol–water partition coefficient (Wildman–Crippen LogP) is 2.86. The highest BCUT2D eigenvalue weighted by Crippen LogP contribution is 2.23. The molecular formula is C19H25N3O2S. The SMILES string of the molecule is CCCCN1CCN(S(=O)(=O)c2ccc(-c3cccnc3)cc2)CC1. The van der Waals surface area contributed by atoms with E-state index in [1.807, 2.05) is 24.3 Å². The number of rotatable bonds is 6. The molecule has 134 valence electrons. The Balaban J connectivity index is 1.69. The van der Waals surface area contributed by atoms with Crippen LogP contribution in [0.2, 0.25) is 0 Å². The summed E-state index contributed by atoms with van der Waals surface area (Å²) in [7, 11) is -3.41. The highest BCUT2D eigenvalue weighted by atomic mass is 32.2. The molecule has 0 N–H and O–H groups in total. The average Bonchev–Trinajstić information content (AvgIpc) is 2.67. The van der Waals surface area contributed by atoms with Crippen molar-refractivity contribution in [3.05, 3.63) is 48.8 Å². The van der Waals surface area contributed by atoms with E-state index < -0.39 is 10.0 Å². The Morgan fingerprint density at radius 2 is 1.72 bits per heavy atom. The Labute approximate surface area is 150 Å². The van der Waals surface area contributed by atoms with E-state index in [-0.39, 0.29) is 0 Å². The average molecular weight is 359 g/mol. The molecule has 3 rings (SSSR count). The van der Waals surface area contributed by atoms with Crippen LogP contribution in [-0.4, -0.2) is 55.3 Å². The number of pyridine rings is 1. The van der Waals surface area contributed by atoms with Crippen molar-refractivity contribution in [2.24, 2.45) is 0 Å². The maximum Gasteiger partial charge on any atom is 0.243 e. The smallest absolute Gasteiger partial charge is 0.243 e. The first kappa shape index (κ1) is 18.0. The number of benzene rings is 1. The van der Waals surface area contributed by atoms with Gasteiger partial charge in [-0.25, -0.2) is 8.42 Å². The highest BCUT2D eigenvalue weighted by Gasteiger charge is 2.28. The fourth-order valence-electron chi connectivity index (χ4n) is 3.08. The molecule has 0 aliphatic carbocycles. The molecule has 25 heavy (non-hydrogen) atoms. The van der Waals surface area contributed by atoms with Crippen LogP contribution in [0, 0.1) is 0 Å². The minimum atomic E-state index is -3.41. The lowest BCUT2D eigenvalue weighted by Gasteiger charge is -2.33. The monoisotopic (exact) mass is 359 g/mol. The largest absolute Gasteiger partial charge is 0.301 e. The molecule has 1 fully saturated rings. The van der Waals surface area contributed by atoms with Gasteiger partial charge in [0.05, 0.1) is 4.90 Å². The normalized spacial score (nSPS) is 16.8. The zero-order valence-corrected chi connectivity index (χ0v) is 15.5. The van der Waals surface area contributed by atoms with Crippen LogP contribution >= 0.6 is 0 Å². The quantitative estimate of drug-likeness (QED) is 0.796. The molecule has 1 aromatic carbocycles. The Morgan fingerprint density at radius 1 is 1.00 bits per heavy atom. The summed E-state index contributed by atoms with van der Waals surface area (Å²) < 4.78 is 27.3. The summed E-state index contributed by atoms with van der Waals surface area (Å²) in [4.78, 5) is 6.81. The maximum atomic E-state index is 12.9. The molecule has 1 aliphatic rings. The second-order valence-electron chi connectivity index (χ2n) is 6.37. The number of nitrogens with zero attached hydrogens (tertiary/aromatic N) is 3. The van der Waals surface area contributed by atoms with Crippen molar-refractivity contribution in [3.63, 3.8) is 0 Å². The fraction of sp³-hybridized carbons (Fsp3) is 0.421. The van der Waals surface area contributed by atoms with Gasteiger partial charge in [-0.3, -0.25) is 4.98 Å². The lowest BCUT2D eigenvalue weighted by molar-refractivity contribution is 0.186. The first-order valence-electron chi connectivity index (χ1n) is 8.84. The van der Waals surface area contributed by atoms with E-state index in [0.29, 0.717) is 18.0 Å². The van der Waals surface area contributed by atoms with E-state index in [4.69, 9.17) is 0 Å². The zero-order valence-electron chi connectivity index (χ0n) is 14.6. The molecule has 0 amide bonds. The summed E-state index contributed by atoms with van der Waals surface area (Å²) >= 11 is 0. The topological polar surface area (TPSA) is 53.5 Å². The summed E-state index contributed by atoms with van der Waals surface area (Å²) in [6.07, 6.45) is 5.84. The second-order valence-corrected chi connectivity index (χ2v) is 8.30. The third-order valence-electron chi connectivity index (χ3n) is 4.65. The number of unbranched alkanes of at least 4 members (excludes halogenated alkanes) is 1. The van der Waals surface area contributed by atoms with Gasteiger partial charge >= 0.3 is 0 Å². The van der Waals surface area contributed by atoms with Gasteiger partial charge in [0, 0.05) is 38.6 Å². The number of hydrogen-bond acceptors (Lipinski definition) is 4. The highest BCUT2D eigenvalue weighted by molar-refractivity contribution is 7.89. The Hall–Kier alpha value is -1.76. The van der Waals surface area contributed by atoms with Gasteiger partial charge in [-0.05, 0) is 42.3 Å². The molecule has 1 aliphatic heterocycles. The molecule has 0 spiro atoms. The van der Waals surface area contributed by atoms with Crippen molar-refractivity contribution in [2.75, 3.05) is 32.7 Å². The van der Waals surface area contributed by atoms with Gasteiger partial charge in [0.2, 0.25) is 10.0 Å². The van der Waals surface area contributed by atoms with Crippen molar-refractivity contribution in [1.82, 2.24) is 14.2 Å². The predicted molar refractivity (Wildman–Crippen MR) is 99.8 cm³/mol. The van der Waals surface area contributed by atoms with Crippen LogP contribution in [-0.2, 0) is 10.0 Å². The van der Waals surface area contributed by atoms with Crippen LogP contribution in [0.1, 0.15) is 19.8 Å². The van der Waals surface area contributed by atoms with E-state index in [9.17, 15) is 8.42 Å². The van der Waals surface area contributed by atoms with Gasteiger partial charge in [-0.15, -0.1) is 0 Å². The lowest BCUT2D eigenvalue weighted by Crippen LogP contribution is -2.48. The van der Waals surface area contributed by atoms with E-state index in [2.05, 4.69) is 16.8 Å². The summed E-state index contributed by atoms with van der Waals surface area (Å²) in [5.41, 5.74) is 1.95. The maximum absolute atomic E-state index is 12.9. The van der Waals surface area contributed by atoms with Gasteiger partial charge in [0.25, 0.3) is 0 Å². The first-order chi connectivity index (χ1) is 12.1. The van der Waals surface area contributed by atoms with Crippen molar-refractivity contribution in [3.8, 4) is 11.1 Å². The summed E-state index contributed by atoms with van der Waals surface area (Å²) in [6.45, 7) is 5.99. The summed E-state index contributed by atoms with van der Waals surface area (Å²) in [5.74, 6) is 0. The van der Waals surface area contributed by atoms with Gasteiger partial charge in [-0.1, -0.05) is 31.5 Å². The minimum Gasteiger partial charge on any atom is -0.301 e. The molecule has 5 nitrogen and oxygen atoms in total. The van der Waals surface area contributed by atoms with Crippen LogP contribution in [0.5, 0.6) is 0 Å². The van der Waals surface area contributed by atoms with Gasteiger partial charge < -0.3 is 4.90 Å². The second kappa shape index (κ2) is 8.08. The van der Waals surface area contributed by atoms with Crippen molar-refractivity contribution >= 4 is 10.0 Å². The van der Waals surface area contributed by atoms with Crippen LogP contribution in [0.25, 0.3) is 11.1 Å². The van der Waals surface area contributed by atoms with E-state index >= 15 is 0 Å². The third kappa shape index (κ3) is 4.26. The standard InChI is InChI=1S/C19H25N3O2S/c1-2-3-11-21-12-14-22(15-13-21)25(23,24)19-8-6-17(7-9-19)18-5-4-10-20-16-18/h4-10,16H,2-3,11-15H2,1H3. The molecule has 0 saturated carbocycles. The molecule has 1 saturated heterocycles. The molecule has 0 bridgehead atoms. The number of piperazine rings is 1. The molecule has 6 heteroatoms. The molecule has 0 unspecified atom stereocenters. The Morgan fingerprint density at radius 3 is 2.32 bits per heavy atom. The zero-order chi connectivity index (χ0) is 17.7. The number of aromatic nitrogens is 1. The van der Waals surface area contributed by atoms with Gasteiger partial charge in [0.1, 0.15) is 0 Å². The van der Waals surface area contributed by atoms with E-state index in [0.717, 1.165) is 30.8 Å². The molecular weight excluding hydrogens is 334 g/mol. The van der Waals surface area contributed by atoms with E-state index in [1.54, 1.807) is 28.8 Å². The molecule has 2 heterocycles. The van der Waals surface area contributed by atoms with E-state index in [1.165, 1.54) is 12.8 Å². The molecule has 2 aromatic rings. The van der Waals surface area contributed by atoms with Gasteiger partial charge in [-0.2, -0.15) is 4.31 Å². The Kier molecular flexibility index (Phi) is 5.83. The minimum absolute atomic E-state index is 0.363. The van der Waals surface area contributed by atoms with Crippen molar-refractivity contribution in [2.45, 2.75) is 24.7 Å². The van der Waals surface area contributed by atoms with Crippen molar-refractivity contribution in [1.29, 1.82) is 0 Å². The fourth-order valence-corrected chi connectivity index (χ4v) is 4.50. The van der Waals surface area contributed by atoms with Crippen LogP contribution in [0.3, 0.4) is 0 Å². The van der Waals surface area contributed by atoms with Crippen LogP contribution < -0.4 is 0 Å².